The number of carbonyl (C=O) groups is 2. The van der Waals surface area contributed by atoms with Gasteiger partial charge in [-0.15, -0.1) is 0 Å². The van der Waals surface area contributed by atoms with E-state index in [1.807, 2.05) is 35.2 Å². The highest BCUT2D eigenvalue weighted by atomic mass is 19.1. The van der Waals surface area contributed by atoms with Crippen LogP contribution in [0.15, 0.2) is 54.6 Å². The summed E-state index contributed by atoms with van der Waals surface area (Å²) < 4.78 is 13.1. The maximum Gasteiger partial charge on any atom is 0.321 e. The molecule has 2 saturated heterocycles. The van der Waals surface area contributed by atoms with Gasteiger partial charge in [-0.2, -0.15) is 0 Å². The minimum atomic E-state index is -0.239. The molecule has 0 radical (unpaired) electrons. The van der Waals surface area contributed by atoms with E-state index in [0.717, 1.165) is 24.5 Å². The zero-order valence-electron chi connectivity index (χ0n) is 17.0. The number of likely N-dealkylation sites (tertiary alicyclic amines) is 1. The van der Waals surface area contributed by atoms with Crippen LogP contribution in [0.2, 0.25) is 0 Å². The molecule has 0 aliphatic carbocycles. The van der Waals surface area contributed by atoms with E-state index in [9.17, 15) is 14.0 Å². The Morgan fingerprint density at radius 2 is 1.43 bits per heavy atom. The number of benzene rings is 2. The predicted molar refractivity (Wildman–Crippen MR) is 115 cm³/mol. The SMILES string of the molecule is O=C(Nc1ccccc1)N1CCC(C(=O)N2CCN(c3ccc(F)cc3)CC2)CC1. The monoisotopic (exact) mass is 410 g/mol. The van der Waals surface area contributed by atoms with E-state index >= 15 is 0 Å². The smallest absolute Gasteiger partial charge is 0.321 e. The van der Waals surface area contributed by atoms with Crippen molar-refractivity contribution in [1.82, 2.24) is 9.80 Å². The zero-order valence-corrected chi connectivity index (χ0v) is 17.0. The van der Waals surface area contributed by atoms with Crippen LogP contribution in [0.1, 0.15) is 12.8 Å². The molecule has 0 spiro atoms. The highest BCUT2D eigenvalue weighted by Crippen LogP contribution is 2.23. The molecule has 2 heterocycles. The molecule has 0 saturated carbocycles. The minimum absolute atomic E-state index is 0.0249. The van der Waals surface area contributed by atoms with Crippen molar-refractivity contribution < 1.29 is 14.0 Å². The van der Waals surface area contributed by atoms with Gasteiger partial charge in [0, 0.05) is 56.6 Å². The topological polar surface area (TPSA) is 55.9 Å². The molecule has 0 atom stereocenters. The molecule has 4 rings (SSSR count). The summed E-state index contributed by atoms with van der Waals surface area (Å²) in [7, 11) is 0. The Bertz CT molecular complexity index is 859. The Hall–Kier alpha value is -3.09. The maximum absolute atomic E-state index is 13.1. The number of nitrogens with zero attached hydrogens (tertiary/aromatic N) is 3. The third-order valence-electron chi connectivity index (χ3n) is 5.94. The largest absolute Gasteiger partial charge is 0.368 e. The van der Waals surface area contributed by atoms with Crippen LogP contribution in [-0.2, 0) is 4.79 Å². The summed E-state index contributed by atoms with van der Waals surface area (Å²) in [5.74, 6) is -0.0728. The second-order valence-electron chi connectivity index (χ2n) is 7.85. The normalized spacial score (nSPS) is 17.7. The second-order valence-corrected chi connectivity index (χ2v) is 7.85. The molecule has 7 heteroatoms. The van der Waals surface area contributed by atoms with Crippen molar-refractivity contribution in [1.29, 1.82) is 0 Å². The first-order chi connectivity index (χ1) is 14.6. The van der Waals surface area contributed by atoms with Crippen molar-refractivity contribution in [3.8, 4) is 0 Å². The Morgan fingerprint density at radius 3 is 2.07 bits per heavy atom. The van der Waals surface area contributed by atoms with Crippen LogP contribution >= 0.6 is 0 Å². The van der Waals surface area contributed by atoms with E-state index in [1.165, 1.54) is 12.1 Å². The number of hydrogen-bond donors (Lipinski definition) is 1. The molecule has 0 aromatic heterocycles. The first-order valence-corrected chi connectivity index (χ1v) is 10.5. The van der Waals surface area contributed by atoms with E-state index in [0.29, 0.717) is 39.0 Å². The van der Waals surface area contributed by atoms with Crippen molar-refractivity contribution in [3.05, 3.63) is 60.4 Å². The van der Waals surface area contributed by atoms with Gasteiger partial charge in [-0.1, -0.05) is 18.2 Å². The molecule has 30 heavy (non-hydrogen) atoms. The van der Waals surface area contributed by atoms with Crippen LogP contribution in [0, 0.1) is 11.7 Å². The summed E-state index contributed by atoms with van der Waals surface area (Å²) in [6.45, 7) is 4.01. The van der Waals surface area contributed by atoms with Gasteiger partial charge < -0.3 is 20.0 Å². The van der Waals surface area contributed by atoms with Gasteiger partial charge >= 0.3 is 6.03 Å². The summed E-state index contributed by atoms with van der Waals surface area (Å²) in [6, 6.07) is 15.8. The molecule has 2 aromatic carbocycles. The molecule has 0 bridgehead atoms. The fourth-order valence-electron chi connectivity index (χ4n) is 4.15. The Balaban J connectivity index is 1.24. The number of carbonyl (C=O) groups excluding carboxylic acids is 2. The van der Waals surface area contributed by atoms with Crippen molar-refractivity contribution in [3.63, 3.8) is 0 Å². The number of para-hydroxylation sites is 1. The van der Waals surface area contributed by atoms with Gasteiger partial charge in [-0.3, -0.25) is 4.79 Å². The first-order valence-electron chi connectivity index (χ1n) is 10.5. The maximum atomic E-state index is 13.1. The van der Waals surface area contributed by atoms with Gasteiger partial charge in [0.25, 0.3) is 0 Å². The number of piperazine rings is 1. The number of piperidine rings is 1. The van der Waals surface area contributed by atoms with E-state index < -0.39 is 0 Å². The predicted octanol–water partition coefficient (Wildman–Crippen LogP) is 3.42. The van der Waals surface area contributed by atoms with Crippen molar-refractivity contribution >= 4 is 23.3 Å². The lowest BCUT2D eigenvalue weighted by atomic mass is 9.95. The average molecular weight is 410 g/mol. The molecular weight excluding hydrogens is 383 g/mol. The quantitative estimate of drug-likeness (QED) is 0.844. The summed E-state index contributed by atoms with van der Waals surface area (Å²) in [5, 5.41) is 2.91. The molecule has 3 amide bonds. The molecule has 6 nitrogen and oxygen atoms in total. The Morgan fingerprint density at radius 1 is 0.800 bits per heavy atom. The third-order valence-corrected chi connectivity index (χ3v) is 5.94. The molecule has 1 N–H and O–H groups in total. The summed E-state index contributed by atoms with van der Waals surface area (Å²) in [6.07, 6.45) is 1.39. The van der Waals surface area contributed by atoms with E-state index in [2.05, 4.69) is 10.2 Å². The van der Waals surface area contributed by atoms with Crippen molar-refractivity contribution in [2.24, 2.45) is 5.92 Å². The lowest BCUT2D eigenvalue weighted by molar-refractivity contribution is -0.137. The zero-order chi connectivity index (χ0) is 20.9. The fourth-order valence-corrected chi connectivity index (χ4v) is 4.15. The molecule has 2 aliphatic heterocycles. The summed E-state index contributed by atoms with van der Waals surface area (Å²) >= 11 is 0. The molecule has 2 aliphatic rings. The fraction of sp³-hybridized carbons (Fsp3) is 0.391. The van der Waals surface area contributed by atoms with E-state index in [4.69, 9.17) is 0 Å². The van der Waals surface area contributed by atoms with Gasteiger partial charge in [0.2, 0.25) is 5.91 Å². The average Bonchev–Trinajstić information content (AvgIpc) is 2.80. The molecule has 2 fully saturated rings. The van der Waals surface area contributed by atoms with Crippen molar-refractivity contribution in [2.45, 2.75) is 12.8 Å². The number of hydrogen-bond acceptors (Lipinski definition) is 3. The number of nitrogens with one attached hydrogen (secondary N) is 1. The molecule has 2 aromatic rings. The first kappa shape index (κ1) is 20.2. The standard InChI is InChI=1S/C23H27FN4O2/c24-19-6-8-21(9-7-19)26-14-16-27(17-15-26)22(29)18-10-12-28(13-11-18)23(30)25-20-4-2-1-3-5-20/h1-9,18H,10-17H2,(H,25,30). The Labute approximate surface area is 176 Å². The Kier molecular flexibility index (Phi) is 6.16. The number of halogens is 1. The number of amides is 3. The van der Waals surface area contributed by atoms with Gasteiger partial charge in [0.1, 0.15) is 5.82 Å². The number of anilines is 2. The van der Waals surface area contributed by atoms with Gasteiger partial charge in [0.05, 0.1) is 0 Å². The number of urea groups is 1. The molecule has 0 unspecified atom stereocenters. The van der Waals surface area contributed by atoms with Crippen molar-refractivity contribution in [2.75, 3.05) is 49.5 Å². The highest BCUT2D eigenvalue weighted by molar-refractivity contribution is 5.89. The number of rotatable bonds is 3. The third kappa shape index (κ3) is 4.72. The van der Waals surface area contributed by atoms with Gasteiger partial charge in [-0.25, -0.2) is 9.18 Å². The molecular formula is C23H27FN4O2. The summed E-state index contributed by atoms with van der Waals surface area (Å²) in [5.41, 5.74) is 1.76. The van der Waals surface area contributed by atoms with Crippen LogP contribution in [0.3, 0.4) is 0 Å². The van der Waals surface area contributed by atoms with E-state index in [-0.39, 0.29) is 23.7 Å². The minimum Gasteiger partial charge on any atom is -0.368 e. The molecule has 158 valence electrons. The summed E-state index contributed by atoms with van der Waals surface area (Å²) in [4.78, 5) is 31.3. The van der Waals surface area contributed by atoms with Crippen LogP contribution in [-0.4, -0.2) is 61.0 Å². The highest BCUT2D eigenvalue weighted by Gasteiger charge is 2.31. The van der Waals surface area contributed by atoms with Gasteiger partial charge in [-0.05, 0) is 49.2 Å². The van der Waals surface area contributed by atoms with Crippen LogP contribution in [0.4, 0.5) is 20.6 Å². The van der Waals surface area contributed by atoms with Crippen LogP contribution < -0.4 is 10.2 Å². The van der Waals surface area contributed by atoms with Crippen LogP contribution in [0.25, 0.3) is 0 Å². The lowest BCUT2D eigenvalue weighted by Gasteiger charge is -2.39. The van der Waals surface area contributed by atoms with E-state index in [1.54, 1.807) is 17.0 Å². The van der Waals surface area contributed by atoms with Gasteiger partial charge in [0.15, 0.2) is 0 Å². The lowest BCUT2D eigenvalue weighted by Crippen LogP contribution is -2.52. The second kappa shape index (κ2) is 9.15. The van der Waals surface area contributed by atoms with Crippen LogP contribution in [0.5, 0.6) is 0 Å².